The molecule has 0 aliphatic rings. The molecule has 0 saturated heterocycles. The smallest absolute Gasteiger partial charge is 0.143 e. The minimum absolute atomic E-state index is 0. The summed E-state index contributed by atoms with van der Waals surface area (Å²) in [4.78, 5) is 11.0. The number of rotatable bonds is 2. The number of carbonyl (C=O) groups excluding carboxylic acids is 1. The Morgan fingerprint density at radius 3 is 1.90 bits per heavy atom. The lowest BCUT2D eigenvalue weighted by molar-refractivity contribution is -0.366. The van der Waals surface area contributed by atoms with E-state index >= 15 is 0 Å². The zero-order valence-electron chi connectivity index (χ0n) is 6.91. The molecule has 0 atom stereocenters. The highest BCUT2D eigenvalue weighted by molar-refractivity contribution is 5.83. The Bertz CT molecular complexity index is 107. The molecule has 0 bridgehead atoms. The number of hydrogen-bond donors (Lipinski definition) is 1. The highest BCUT2D eigenvalue weighted by Crippen LogP contribution is 2.15. The van der Waals surface area contributed by atoms with Crippen LogP contribution >= 0.6 is 0 Å². The zero-order valence-corrected chi connectivity index (χ0v) is 9.07. The molecule has 2 nitrogen and oxygen atoms in total. The van der Waals surface area contributed by atoms with Gasteiger partial charge in [0.15, 0.2) is 0 Å². The first-order valence-corrected chi connectivity index (χ1v) is 3.31. The number of halogens is 1. The van der Waals surface area contributed by atoms with Crippen LogP contribution in [0.15, 0.2) is 0 Å². The predicted octanol–water partition coefficient (Wildman–Crippen LogP) is -2.76. The molecule has 0 rings (SSSR count). The standard InChI is InChI=1S/C7H15NO.HI/c1-7(2,3)6(9)4-5-8;/h4-5,8H2,1-3H3;1H. The minimum Gasteiger partial charge on any atom is -1.00 e. The summed E-state index contributed by atoms with van der Waals surface area (Å²) in [5.74, 6) is 0.303. The highest BCUT2D eigenvalue weighted by atomic mass is 127. The maximum absolute atomic E-state index is 11.0. The molecule has 0 unspecified atom stereocenters. The number of quaternary nitrogens is 1. The number of ketones is 1. The van der Waals surface area contributed by atoms with Gasteiger partial charge in [0, 0.05) is 5.41 Å². The van der Waals surface area contributed by atoms with Crippen LogP contribution in [0.5, 0.6) is 0 Å². The second-order valence-corrected chi connectivity index (χ2v) is 3.28. The first kappa shape index (κ1) is 13.0. The quantitative estimate of drug-likeness (QED) is 0.535. The van der Waals surface area contributed by atoms with Gasteiger partial charge in [0.25, 0.3) is 0 Å². The van der Waals surface area contributed by atoms with Crippen molar-refractivity contribution >= 4 is 5.78 Å². The second-order valence-electron chi connectivity index (χ2n) is 3.28. The Kier molecular flexibility index (Phi) is 6.58. The Labute approximate surface area is 79.6 Å². The van der Waals surface area contributed by atoms with E-state index in [1.165, 1.54) is 0 Å². The molecule has 0 radical (unpaired) electrons. The van der Waals surface area contributed by atoms with Gasteiger partial charge in [-0.1, -0.05) is 20.8 Å². The van der Waals surface area contributed by atoms with Crippen LogP contribution in [0.3, 0.4) is 0 Å². The average molecular weight is 257 g/mol. The van der Waals surface area contributed by atoms with Gasteiger partial charge in [0.1, 0.15) is 5.78 Å². The fourth-order valence-electron chi connectivity index (χ4n) is 0.536. The van der Waals surface area contributed by atoms with E-state index in [9.17, 15) is 4.79 Å². The molecule has 0 aromatic heterocycles. The van der Waals surface area contributed by atoms with Crippen molar-refractivity contribution < 1.29 is 34.5 Å². The van der Waals surface area contributed by atoms with Crippen molar-refractivity contribution in [1.29, 1.82) is 0 Å². The molecule has 3 heteroatoms. The van der Waals surface area contributed by atoms with E-state index in [0.717, 1.165) is 6.54 Å². The third kappa shape index (κ3) is 5.17. The molecule has 0 spiro atoms. The molecule has 0 aromatic carbocycles. The summed E-state index contributed by atoms with van der Waals surface area (Å²) < 4.78 is 0. The predicted molar refractivity (Wildman–Crippen MR) is 36.8 cm³/mol. The van der Waals surface area contributed by atoms with Crippen LogP contribution in [0.4, 0.5) is 0 Å². The molecule has 0 aliphatic heterocycles. The normalized spacial score (nSPS) is 10.4. The van der Waals surface area contributed by atoms with Gasteiger partial charge in [-0.3, -0.25) is 4.79 Å². The van der Waals surface area contributed by atoms with E-state index in [4.69, 9.17) is 0 Å². The number of Topliss-reactive ketones (excluding diaryl/α,β-unsaturated/α-hetero) is 1. The number of hydrogen-bond acceptors (Lipinski definition) is 1. The van der Waals surface area contributed by atoms with Gasteiger partial charge in [-0.15, -0.1) is 0 Å². The van der Waals surface area contributed by atoms with E-state index < -0.39 is 0 Å². The van der Waals surface area contributed by atoms with E-state index in [-0.39, 0.29) is 29.4 Å². The average Bonchev–Trinajstić information content (AvgIpc) is 1.64. The van der Waals surface area contributed by atoms with Crippen LogP contribution in [-0.2, 0) is 4.79 Å². The fraction of sp³-hybridized carbons (Fsp3) is 0.857. The molecular formula is C7H16INO. The van der Waals surface area contributed by atoms with Crippen molar-refractivity contribution in [2.45, 2.75) is 27.2 Å². The van der Waals surface area contributed by atoms with Crippen molar-refractivity contribution in [2.24, 2.45) is 5.41 Å². The van der Waals surface area contributed by atoms with Crippen LogP contribution < -0.4 is 29.7 Å². The summed E-state index contributed by atoms with van der Waals surface area (Å²) in [5, 5.41) is 0. The van der Waals surface area contributed by atoms with Crippen molar-refractivity contribution in [3.05, 3.63) is 0 Å². The summed E-state index contributed by atoms with van der Waals surface area (Å²) >= 11 is 0. The van der Waals surface area contributed by atoms with Gasteiger partial charge in [0.05, 0.1) is 13.0 Å². The zero-order chi connectivity index (χ0) is 7.49. The van der Waals surface area contributed by atoms with Gasteiger partial charge in [-0.25, -0.2) is 0 Å². The molecule has 0 amide bonds. The van der Waals surface area contributed by atoms with E-state index in [2.05, 4.69) is 5.73 Å². The monoisotopic (exact) mass is 257 g/mol. The van der Waals surface area contributed by atoms with Crippen LogP contribution in [-0.4, -0.2) is 12.3 Å². The summed E-state index contributed by atoms with van der Waals surface area (Å²) in [6, 6.07) is 0. The Hall–Kier alpha value is 0.360. The lowest BCUT2D eigenvalue weighted by Gasteiger charge is -2.14. The molecule has 10 heavy (non-hydrogen) atoms. The third-order valence-electron chi connectivity index (χ3n) is 1.24. The first-order chi connectivity index (χ1) is 3.98. The summed E-state index contributed by atoms with van der Waals surface area (Å²) in [6.45, 7) is 6.52. The fourth-order valence-corrected chi connectivity index (χ4v) is 0.536. The topological polar surface area (TPSA) is 44.7 Å². The van der Waals surface area contributed by atoms with Crippen LogP contribution in [0.1, 0.15) is 27.2 Å². The van der Waals surface area contributed by atoms with Crippen molar-refractivity contribution in [2.75, 3.05) is 6.54 Å². The first-order valence-electron chi connectivity index (χ1n) is 3.31. The Morgan fingerprint density at radius 2 is 1.80 bits per heavy atom. The van der Waals surface area contributed by atoms with Crippen molar-refractivity contribution in [3.8, 4) is 0 Å². The lowest BCUT2D eigenvalue weighted by Crippen LogP contribution is -3.00. The minimum atomic E-state index is -0.169. The molecule has 62 valence electrons. The van der Waals surface area contributed by atoms with E-state index in [1.54, 1.807) is 0 Å². The number of carbonyl (C=O) groups is 1. The van der Waals surface area contributed by atoms with Gasteiger partial charge in [0.2, 0.25) is 0 Å². The van der Waals surface area contributed by atoms with Gasteiger partial charge in [-0.2, -0.15) is 0 Å². The second kappa shape index (κ2) is 5.07. The lowest BCUT2D eigenvalue weighted by atomic mass is 9.89. The molecule has 0 aromatic rings. The molecule has 0 fully saturated rings. The van der Waals surface area contributed by atoms with E-state index in [1.807, 2.05) is 20.8 Å². The summed E-state index contributed by atoms with van der Waals surface area (Å²) in [6.07, 6.45) is 0.615. The molecule has 0 saturated carbocycles. The largest absolute Gasteiger partial charge is 1.00 e. The molecular weight excluding hydrogens is 241 g/mol. The molecule has 0 aliphatic carbocycles. The highest BCUT2D eigenvalue weighted by Gasteiger charge is 2.19. The van der Waals surface area contributed by atoms with Gasteiger partial charge in [-0.05, 0) is 0 Å². The third-order valence-corrected chi connectivity index (χ3v) is 1.24. The van der Waals surface area contributed by atoms with Crippen molar-refractivity contribution in [1.82, 2.24) is 0 Å². The van der Waals surface area contributed by atoms with Crippen LogP contribution in [0, 0.1) is 5.41 Å². The SMILES string of the molecule is CC(C)(C)C(=O)CC[NH3+].[I-]. The van der Waals surface area contributed by atoms with Crippen LogP contribution in [0.2, 0.25) is 0 Å². The molecule has 3 N–H and O–H groups in total. The Balaban J connectivity index is 0. The molecule has 0 heterocycles. The Morgan fingerprint density at radius 1 is 1.40 bits per heavy atom. The maximum atomic E-state index is 11.0. The van der Waals surface area contributed by atoms with Crippen LogP contribution in [0.25, 0.3) is 0 Å². The summed E-state index contributed by atoms with van der Waals surface area (Å²) in [7, 11) is 0. The van der Waals surface area contributed by atoms with E-state index in [0.29, 0.717) is 12.2 Å². The maximum Gasteiger partial charge on any atom is 0.143 e. The summed E-state index contributed by atoms with van der Waals surface area (Å²) in [5.41, 5.74) is 3.45. The van der Waals surface area contributed by atoms with Gasteiger partial charge < -0.3 is 29.7 Å². The van der Waals surface area contributed by atoms with Crippen molar-refractivity contribution in [3.63, 3.8) is 0 Å². The van der Waals surface area contributed by atoms with Gasteiger partial charge >= 0.3 is 0 Å².